The van der Waals surface area contributed by atoms with Crippen molar-refractivity contribution in [2.45, 2.75) is 12.3 Å². The third kappa shape index (κ3) is 3.09. The van der Waals surface area contributed by atoms with E-state index < -0.39 is 28.8 Å². The number of hydrogen-bond donors (Lipinski definition) is 4. The van der Waals surface area contributed by atoms with Crippen LogP contribution in [0, 0.1) is 0 Å². The number of carbonyl (C=O) groups is 1. The molecule has 4 N–H and O–H groups in total. The molecule has 1 aromatic heterocycles. The van der Waals surface area contributed by atoms with E-state index >= 15 is 0 Å². The standard InChI is InChI=1S/C24H16O8/c25-13-3-1-2-11(6-13)14-8-21(30)31-20-10-18(29)23-17(28)9-19(32-24(23)22(14)20)12-4-5-15(26)16(27)7-12/h1-7,9-10,14,25-27,29H,8H2/t14-/m0/s1. The Kier molecular flexibility index (Phi) is 4.30. The molecule has 0 radical (unpaired) electrons. The monoisotopic (exact) mass is 432 g/mol. The van der Waals surface area contributed by atoms with Crippen molar-refractivity contribution in [3.63, 3.8) is 0 Å². The fourth-order valence-electron chi connectivity index (χ4n) is 4.00. The fourth-order valence-corrected chi connectivity index (χ4v) is 4.00. The number of rotatable bonds is 2. The zero-order valence-corrected chi connectivity index (χ0v) is 16.4. The smallest absolute Gasteiger partial charge is 0.312 e. The van der Waals surface area contributed by atoms with Crippen molar-refractivity contribution < 1.29 is 34.4 Å². The van der Waals surface area contributed by atoms with Gasteiger partial charge >= 0.3 is 5.97 Å². The molecule has 32 heavy (non-hydrogen) atoms. The van der Waals surface area contributed by atoms with Gasteiger partial charge in [-0.1, -0.05) is 12.1 Å². The van der Waals surface area contributed by atoms with Crippen molar-refractivity contribution in [3.8, 4) is 40.1 Å². The van der Waals surface area contributed by atoms with Gasteiger partial charge in [-0.2, -0.15) is 0 Å². The molecule has 4 aromatic rings. The minimum atomic E-state index is -0.604. The molecule has 3 aromatic carbocycles. The highest BCUT2D eigenvalue weighted by molar-refractivity contribution is 5.93. The van der Waals surface area contributed by atoms with E-state index in [1.165, 1.54) is 42.5 Å². The summed E-state index contributed by atoms with van der Waals surface area (Å²) in [5, 5.41) is 39.7. The molecule has 8 heteroatoms. The molecule has 2 heterocycles. The summed E-state index contributed by atoms with van der Waals surface area (Å²) < 4.78 is 11.3. The van der Waals surface area contributed by atoms with E-state index in [0.29, 0.717) is 16.7 Å². The molecule has 1 atom stereocenters. The molecule has 0 aliphatic carbocycles. The lowest BCUT2D eigenvalue weighted by atomic mass is 9.85. The van der Waals surface area contributed by atoms with Gasteiger partial charge in [0.2, 0.25) is 0 Å². The van der Waals surface area contributed by atoms with Crippen LogP contribution in [-0.4, -0.2) is 26.4 Å². The van der Waals surface area contributed by atoms with Gasteiger partial charge in [-0.25, -0.2) is 0 Å². The van der Waals surface area contributed by atoms with Crippen molar-refractivity contribution in [2.75, 3.05) is 0 Å². The average molecular weight is 432 g/mol. The Labute approximate surface area is 180 Å². The van der Waals surface area contributed by atoms with Gasteiger partial charge in [0.1, 0.15) is 34.0 Å². The third-order valence-electron chi connectivity index (χ3n) is 5.46. The van der Waals surface area contributed by atoms with Crippen LogP contribution in [0.3, 0.4) is 0 Å². The summed E-state index contributed by atoms with van der Waals surface area (Å²) in [6.45, 7) is 0. The molecule has 0 spiro atoms. The van der Waals surface area contributed by atoms with Gasteiger partial charge in [-0.3, -0.25) is 9.59 Å². The first-order valence-corrected chi connectivity index (χ1v) is 9.67. The first-order valence-electron chi connectivity index (χ1n) is 9.67. The molecule has 0 fully saturated rings. The Morgan fingerprint density at radius 1 is 0.844 bits per heavy atom. The summed E-state index contributed by atoms with van der Waals surface area (Å²) in [4.78, 5) is 25.2. The molecule has 0 saturated carbocycles. The van der Waals surface area contributed by atoms with Crippen LogP contribution in [0.5, 0.6) is 28.7 Å². The Morgan fingerprint density at radius 3 is 2.41 bits per heavy atom. The largest absolute Gasteiger partial charge is 0.508 e. The molecule has 160 valence electrons. The number of carbonyl (C=O) groups excluding carboxylic acids is 1. The lowest BCUT2D eigenvalue weighted by Crippen LogP contribution is -2.22. The molecule has 0 unspecified atom stereocenters. The van der Waals surface area contributed by atoms with Crippen LogP contribution in [0.1, 0.15) is 23.5 Å². The van der Waals surface area contributed by atoms with E-state index in [1.54, 1.807) is 12.1 Å². The molecule has 0 saturated heterocycles. The van der Waals surface area contributed by atoms with E-state index in [2.05, 4.69) is 0 Å². The van der Waals surface area contributed by atoms with Crippen LogP contribution >= 0.6 is 0 Å². The lowest BCUT2D eigenvalue weighted by Gasteiger charge is -2.26. The summed E-state index contributed by atoms with van der Waals surface area (Å²) >= 11 is 0. The summed E-state index contributed by atoms with van der Waals surface area (Å²) in [6.07, 6.45) is -0.0652. The van der Waals surface area contributed by atoms with Crippen molar-refractivity contribution in [1.29, 1.82) is 0 Å². The Balaban J connectivity index is 1.82. The normalized spacial score (nSPS) is 15.4. The number of aromatic hydroxyl groups is 4. The summed E-state index contributed by atoms with van der Waals surface area (Å²) in [6, 6.07) is 12.7. The number of ether oxygens (including phenoxy) is 1. The number of phenolic OH excluding ortho intramolecular Hbond substituents is 4. The molecule has 1 aliphatic rings. The number of esters is 1. The Hall–Kier alpha value is -4.46. The lowest BCUT2D eigenvalue weighted by molar-refractivity contribution is -0.135. The first-order chi connectivity index (χ1) is 15.3. The summed E-state index contributed by atoms with van der Waals surface area (Å²) in [5.41, 5.74) is 0.782. The Bertz CT molecular complexity index is 1470. The molecule has 0 amide bonds. The van der Waals surface area contributed by atoms with Gasteiger partial charge in [0.15, 0.2) is 16.9 Å². The third-order valence-corrected chi connectivity index (χ3v) is 5.46. The number of hydrogen-bond acceptors (Lipinski definition) is 8. The van der Waals surface area contributed by atoms with Gasteiger partial charge in [-0.15, -0.1) is 0 Å². The second kappa shape index (κ2) is 7.05. The first kappa shape index (κ1) is 19.5. The molecular weight excluding hydrogens is 416 g/mol. The van der Waals surface area contributed by atoms with Gasteiger partial charge in [0.05, 0.1) is 6.42 Å². The maximum atomic E-state index is 12.9. The van der Waals surface area contributed by atoms with Crippen LogP contribution in [0.4, 0.5) is 0 Å². The zero-order valence-electron chi connectivity index (χ0n) is 16.4. The SMILES string of the molecule is O=C1C[C@@H](c2cccc(O)c2)c2c(cc(O)c3c(=O)cc(-c4ccc(O)c(O)c4)oc23)O1. The average Bonchev–Trinajstić information content (AvgIpc) is 2.74. The van der Waals surface area contributed by atoms with Crippen molar-refractivity contribution in [3.05, 3.63) is 75.9 Å². The van der Waals surface area contributed by atoms with Gasteiger partial charge < -0.3 is 29.6 Å². The molecule has 1 aliphatic heterocycles. The highest BCUT2D eigenvalue weighted by Crippen LogP contribution is 2.46. The van der Waals surface area contributed by atoms with E-state index in [1.807, 2.05) is 0 Å². The number of benzene rings is 3. The minimum Gasteiger partial charge on any atom is -0.508 e. The van der Waals surface area contributed by atoms with Crippen LogP contribution < -0.4 is 10.2 Å². The summed E-state index contributed by atoms with van der Waals surface area (Å²) in [5.74, 6) is -2.13. The molecular formula is C24H16O8. The minimum absolute atomic E-state index is 0.00721. The van der Waals surface area contributed by atoms with Crippen molar-refractivity contribution >= 4 is 16.9 Å². The van der Waals surface area contributed by atoms with E-state index in [4.69, 9.17) is 9.15 Å². The Morgan fingerprint density at radius 2 is 1.66 bits per heavy atom. The van der Waals surface area contributed by atoms with Crippen LogP contribution in [-0.2, 0) is 4.79 Å². The van der Waals surface area contributed by atoms with E-state index in [9.17, 15) is 30.0 Å². The van der Waals surface area contributed by atoms with Crippen LogP contribution in [0.2, 0.25) is 0 Å². The fraction of sp³-hybridized carbons (Fsp3) is 0.0833. The number of fused-ring (bicyclic) bond motifs is 3. The quantitative estimate of drug-likeness (QED) is 0.214. The molecule has 0 bridgehead atoms. The maximum absolute atomic E-state index is 12.9. The van der Waals surface area contributed by atoms with Crippen molar-refractivity contribution in [1.82, 2.24) is 0 Å². The van der Waals surface area contributed by atoms with Gasteiger partial charge in [-0.05, 0) is 35.9 Å². The topological polar surface area (TPSA) is 137 Å². The summed E-state index contributed by atoms with van der Waals surface area (Å²) in [7, 11) is 0. The highest BCUT2D eigenvalue weighted by atomic mass is 16.5. The van der Waals surface area contributed by atoms with Gasteiger partial charge in [0.25, 0.3) is 0 Å². The van der Waals surface area contributed by atoms with Crippen LogP contribution in [0.25, 0.3) is 22.3 Å². The molecule has 5 rings (SSSR count). The number of phenols is 4. The second-order valence-corrected chi connectivity index (χ2v) is 7.52. The second-order valence-electron chi connectivity index (χ2n) is 7.52. The highest BCUT2D eigenvalue weighted by Gasteiger charge is 2.33. The van der Waals surface area contributed by atoms with Crippen molar-refractivity contribution in [2.24, 2.45) is 0 Å². The van der Waals surface area contributed by atoms with Gasteiger partial charge in [0, 0.05) is 29.2 Å². The van der Waals surface area contributed by atoms with E-state index in [0.717, 1.165) is 0 Å². The van der Waals surface area contributed by atoms with Crippen LogP contribution in [0.15, 0.2) is 63.8 Å². The predicted molar refractivity (Wildman–Crippen MR) is 113 cm³/mol. The zero-order chi connectivity index (χ0) is 22.6. The molecule has 8 nitrogen and oxygen atoms in total. The maximum Gasteiger partial charge on any atom is 0.312 e. The predicted octanol–water partition coefficient (Wildman–Crippen LogP) is 3.72. The van der Waals surface area contributed by atoms with E-state index in [-0.39, 0.29) is 40.4 Å².